The van der Waals surface area contributed by atoms with Gasteiger partial charge in [-0.05, 0) is 36.0 Å². The van der Waals surface area contributed by atoms with E-state index >= 15 is 0 Å². The fraction of sp³-hybridized carbons (Fsp3) is 0.560. The van der Waals surface area contributed by atoms with Crippen LogP contribution >= 0.6 is 0 Å². The van der Waals surface area contributed by atoms with Crippen LogP contribution in [-0.2, 0) is 30.4 Å². The summed E-state index contributed by atoms with van der Waals surface area (Å²) < 4.78 is 0. The molecule has 4 amide bonds. The second-order valence-corrected chi connectivity index (χ2v) is 9.48. The zero-order valence-electron chi connectivity index (χ0n) is 21.7. The third kappa shape index (κ3) is 10.5. The van der Waals surface area contributed by atoms with Crippen molar-refractivity contribution in [2.45, 2.75) is 77.5 Å². The first-order valence-corrected chi connectivity index (χ1v) is 12.2. The molecule has 206 valence electrons. The summed E-state index contributed by atoms with van der Waals surface area (Å²) in [7, 11) is 0. The molecule has 0 aliphatic carbocycles. The summed E-state index contributed by atoms with van der Waals surface area (Å²) in [5.41, 5.74) is 11.6. The minimum Gasteiger partial charge on any atom is -0.508 e. The summed E-state index contributed by atoms with van der Waals surface area (Å²) in [6, 6.07) is 1.53. The SMILES string of the molecule is CCC(C)C(NC(=O)C(N)CCC(N)=O)C(=O)NC(Cc1ccc(O)cc1)C(=O)NC(C(=O)O)C(C)C. The number of phenols is 1. The fourth-order valence-corrected chi connectivity index (χ4v) is 3.50. The maximum Gasteiger partial charge on any atom is 0.326 e. The number of nitrogens with one attached hydrogen (secondary N) is 3. The van der Waals surface area contributed by atoms with Gasteiger partial charge >= 0.3 is 5.97 Å². The van der Waals surface area contributed by atoms with E-state index in [-0.39, 0.29) is 30.9 Å². The van der Waals surface area contributed by atoms with E-state index in [4.69, 9.17) is 11.5 Å². The van der Waals surface area contributed by atoms with Crippen molar-refractivity contribution >= 4 is 29.6 Å². The van der Waals surface area contributed by atoms with Crippen LogP contribution in [0.4, 0.5) is 0 Å². The van der Waals surface area contributed by atoms with Gasteiger partial charge in [-0.1, -0.05) is 46.2 Å². The van der Waals surface area contributed by atoms with Gasteiger partial charge in [-0.25, -0.2) is 4.79 Å². The smallest absolute Gasteiger partial charge is 0.326 e. The van der Waals surface area contributed by atoms with Gasteiger partial charge in [0.05, 0.1) is 6.04 Å². The van der Waals surface area contributed by atoms with E-state index in [9.17, 15) is 34.2 Å². The van der Waals surface area contributed by atoms with E-state index < -0.39 is 59.7 Å². The normalized spacial score (nSPS) is 15.1. The minimum atomic E-state index is -1.22. The first kappa shape index (κ1) is 31.4. The topological polar surface area (TPSA) is 214 Å². The number of hydrogen-bond acceptors (Lipinski definition) is 7. The van der Waals surface area contributed by atoms with Crippen molar-refractivity contribution in [1.29, 1.82) is 0 Å². The lowest BCUT2D eigenvalue weighted by molar-refractivity contribution is -0.143. The van der Waals surface area contributed by atoms with E-state index in [0.29, 0.717) is 12.0 Å². The average Bonchev–Trinajstić information content (AvgIpc) is 2.83. The number of carboxylic acid groups (broad SMARTS) is 1. The predicted octanol–water partition coefficient (Wildman–Crippen LogP) is -0.231. The highest BCUT2D eigenvalue weighted by atomic mass is 16.4. The summed E-state index contributed by atoms with van der Waals surface area (Å²) in [5, 5.41) is 26.7. The molecule has 0 heterocycles. The lowest BCUT2D eigenvalue weighted by atomic mass is 9.96. The molecule has 0 spiro atoms. The van der Waals surface area contributed by atoms with Crippen molar-refractivity contribution in [2.24, 2.45) is 23.3 Å². The molecule has 0 aliphatic heterocycles. The van der Waals surface area contributed by atoms with Gasteiger partial charge in [0.25, 0.3) is 0 Å². The zero-order chi connectivity index (χ0) is 28.3. The molecule has 0 radical (unpaired) electrons. The van der Waals surface area contributed by atoms with E-state index in [1.807, 2.05) is 6.92 Å². The van der Waals surface area contributed by atoms with Crippen LogP contribution in [0.2, 0.25) is 0 Å². The van der Waals surface area contributed by atoms with Gasteiger partial charge in [0.2, 0.25) is 23.6 Å². The first-order chi connectivity index (χ1) is 17.3. The van der Waals surface area contributed by atoms with Gasteiger partial charge in [0, 0.05) is 12.8 Å². The maximum atomic E-state index is 13.3. The molecular formula is C25H39N5O7. The third-order valence-corrected chi connectivity index (χ3v) is 6.07. The third-order valence-electron chi connectivity index (χ3n) is 6.07. The van der Waals surface area contributed by atoms with E-state index in [2.05, 4.69) is 16.0 Å². The standard InChI is InChI=1S/C25H39N5O7/c1-5-14(4)21(30-22(33)17(26)10-11-19(27)32)24(35)28-18(12-15-6-8-16(31)9-7-15)23(34)29-20(13(2)3)25(36)37/h6-9,13-14,17-18,20-21,31H,5,10-12,26H2,1-4H3,(H2,27,32)(H,28,35)(H,29,34)(H,30,33)(H,36,37). The van der Waals surface area contributed by atoms with Gasteiger partial charge in [-0.2, -0.15) is 0 Å². The molecule has 5 unspecified atom stereocenters. The van der Waals surface area contributed by atoms with Gasteiger partial charge in [-0.3, -0.25) is 19.2 Å². The summed E-state index contributed by atoms with van der Waals surface area (Å²) in [6.45, 7) is 6.85. The minimum absolute atomic E-state index is 0.00157. The molecule has 0 saturated heterocycles. The highest BCUT2D eigenvalue weighted by Gasteiger charge is 2.33. The van der Waals surface area contributed by atoms with E-state index in [0.717, 1.165) is 0 Å². The molecule has 9 N–H and O–H groups in total. The number of carbonyl (C=O) groups is 5. The molecule has 5 atom stereocenters. The van der Waals surface area contributed by atoms with Gasteiger partial charge < -0.3 is 37.6 Å². The quantitative estimate of drug-likeness (QED) is 0.163. The van der Waals surface area contributed by atoms with Crippen LogP contribution < -0.4 is 27.4 Å². The molecule has 1 rings (SSSR count). The van der Waals surface area contributed by atoms with Crippen LogP contribution in [0.25, 0.3) is 0 Å². The molecule has 0 bridgehead atoms. The first-order valence-electron chi connectivity index (χ1n) is 12.2. The van der Waals surface area contributed by atoms with Gasteiger partial charge in [0.1, 0.15) is 23.9 Å². The Morgan fingerprint density at radius 1 is 0.892 bits per heavy atom. The number of rotatable bonds is 15. The van der Waals surface area contributed by atoms with Crippen molar-refractivity contribution in [3.63, 3.8) is 0 Å². The van der Waals surface area contributed by atoms with Crippen molar-refractivity contribution in [3.05, 3.63) is 29.8 Å². The van der Waals surface area contributed by atoms with Gasteiger partial charge in [0.15, 0.2) is 0 Å². The van der Waals surface area contributed by atoms with Crippen molar-refractivity contribution < 1.29 is 34.2 Å². The lowest BCUT2D eigenvalue weighted by Gasteiger charge is -2.28. The Labute approximate surface area is 216 Å². The Morgan fingerprint density at radius 2 is 1.46 bits per heavy atom. The van der Waals surface area contributed by atoms with Crippen molar-refractivity contribution in [1.82, 2.24) is 16.0 Å². The predicted molar refractivity (Wildman–Crippen MR) is 136 cm³/mol. The van der Waals surface area contributed by atoms with Crippen LogP contribution in [0.3, 0.4) is 0 Å². The van der Waals surface area contributed by atoms with Crippen LogP contribution in [0.5, 0.6) is 5.75 Å². The lowest BCUT2D eigenvalue weighted by Crippen LogP contribution is -2.59. The highest BCUT2D eigenvalue weighted by Crippen LogP contribution is 2.14. The number of aromatic hydroxyl groups is 1. The number of amides is 4. The molecular weight excluding hydrogens is 482 g/mol. The average molecular weight is 522 g/mol. The van der Waals surface area contributed by atoms with Crippen LogP contribution in [-0.4, -0.2) is 64.0 Å². The summed E-state index contributed by atoms with van der Waals surface area (Å²) in [6.07, 6.45) is 0.428. The number of phenolic OH excluding ortho intramolecular Hbond substituents is 1. The summed E-state index contributed by atoms with van der Waals surface area (Å²) >= 11 is 0. The molecule has 37 heavy (non-hydrogen) atoms. The Balaban J connectivity index is 3.16. The second kappa shape index (κ2) is 14.8. The Morgan fingerprint density at radius 3 is 1.95 bits per heavy atom. The van der Waals surface area contributed by atoms with E-state index in [1.54, 1.807) is 32.9 Å². The molecule has 0 saturated carbocycles. The van der Waals surface area contributed by atoms with Crippen LogP contribution in [0.1, 0.15) is 52.5 Å². The highest BCUT2D eigenvalue weighted by molar-refractivity contribution is 5.94. The number of carbonyl (C=O) groups excluding carboxylic acids is 4. The van der Waals surface area contributed by atoms with Crippen molar-refractivity contribution in [3.8, 4) is 5.75 Å². The summed E-state index contributed by atoms with van der Waals surface area (Å²) in [5.74, 6) is -4.57. The number of nitrogens with two attached hydrogens (primary N) is 2. The Hall–Kier alpha value is -3.67. The molecule has 12 nitrogen and oxygen atoms in total. The van der Waals surface area contributed by atoms with E-state index in [1.165, 1.54) is 12.1 Å². The van der Waals surface area contributed by atoms with Gasteiger partial charge in [-0.15, -0.1) is 0 Å². The van der Waals surface area contributed by atoms with Crippen LogP contribution in [0.15, 0.2) is 24.3 Å². The number of aliphatic carboxylic acids is 1. The number of primary amides is 1. The Bertz CT molecular complexity index is 951. The zero-order valence-corrected chi connectivity index (χ0v) is 21.7. The Kier molecular flexibility index (Phi) is 12.5. The number of hydrogen-bond donors (Lipinski definition) is 7. The van der Waals surface area contributed by atoms with Crippen molar-refractivity contribution in [2.75, 3.05) is 0 Å². The monoisotopic (exact) mass is 521 g/mol. The number of benzene rings is 1. The molecule has 0 fully saturated rings. The molecule has 1 aromatic carbocycles. The largest absolute Gasteiger partial charge is 0.508 e. The second-order valence-electron chi connectivity index (χ2n) is 9.48. The van der Waals surface area contributed by atoms with Crippen LogP contribution in [0, 0.1) is 11.8 Å². The number of carboxylic acids is 1. The maximum absolute atomic E-state index is 13.3. The summed E-state index contributed by atoms with van der Waals surface area (Å²) in [4.78, 5) is 61.6. The molecule has 12 heteroatoms. The molecule has 1 aromatic rings. The fourth-order valence-electron chi connectivity index (χ4n) is 3.50. The molecule has 0 aromatic heterocycles. The molecule has 0 aliphatic rings.